The van der Waals surface area contributed by atoms with Crippen LogP contribution >= 0.6 is 24.0 Å². The van der Waals surface area contributed by atoms with Gasteiger partial charge in [0.25, 0.3) is 5.91 Å². The SMILES string of the molecule is CCN(CC)C(CNC(=NC)NCc1ccc(C(=O)NCC(N)=O)cc1)c1ccccc1.I. The van der Waals surface area contributed by atoms with Crippen molar-refractivity contribution in [3.05, 3.63) is 71.3 Å². The predicted octanol–water partition coefficient (Wildman–Crippen LogP) is 2.27. The van der Waals surface area contributed by atoms with Crippen LogP contribution in [0, 0.1) is 0 Å². The summed E-state index contributed by atoms with van der Waals surface area (Å²) < 4.78 is 0. The number of nitrogens with two attached hydrogens (primary N) is 1. The molecule has 8 nitrogen and oxygen atoms in total. The van der Waals surface area contributed by atoms with Crippen LogP contribution in [0.25, 0.3) is 0 Å². The lowest BCUT2D eigenvalue weighted by atomic mass is 10.1. The molecule has 0 saturated heterocycles. The molecule has 0 fully saturated rings. The number of aliphatic imine (C=N–C) groups is 1. The van der Waals surface area contributed by atoms with Crippen molar-refractivity contribution >= 4 is 41.8 Å². The number of hydrogen-bond donors (Lipinski definition) is 4. The van der Waals surface area contributed by atoms with E-state index >= 15 is 0 Å². The molecule has 0 aromatic heterocycles. The van der Waals surface area contributed by atoms with E-state index in [1.807, 2.05) is 18.2 Å². The molecule has 2 amide bonds. The molecule has 5 N–H and O–H groups in total. The van der Waals surface area contributed by atoms with Gasteiger partial charge in [0.15, 0.2) is 5.96 Å². The largest absolute Gasteiger partial charge is 0.368 e. The molecule has 0 aliphatic rings. The Hall–Kier alpha value is -2.66. The highest BCUT2D eigenvalue weighted by Gasteiger charge is 2.18. The van der Waals surface area contributed by atoms with E-state index in [9.17, 15) is 9.59 Å². The van der Waals surface area contributed by atoms with Gasteiger partial charge in [0.1, 0.15) is 0 Å². The van der Waals surface area contributed by atoms with E-state index in [1.54, 1.807) is 19.2 Å². The number of hydrogen-bond acceptors (Lipinski definition) is 4. The molecule has 0 radical (unpaired) electrons. The molecule has 2 rings (SSSR count). The first kappa shape index (κ1) is 28.4. The van der Waals surface area contributed by atoms with Gasteiger partial charge in [-0.05, 0) is 36.3 Å². The molecule has 2 aromatic rings. The van der Waals surface area contributed by atoms with Gasteiger partial charge < -0.3 is 21.7 Å². The molecule has 0 aliphatic heterocycles. The van der Waals surface area contributed by atoms with E-state index in [1.165, 1.54) is 5.56 Å². The van der Waals surface area contributed by atoms with Crippen molar-refractivity contribution in [3.8, 4) is 0 Å². The zero-order valence-electron chi connectivity index (χ0n) is 19.5. The normalized spacial score (nSPS) is 11.9. The zero-order valence-corrected chi connectivity index (χ0v) is 21.8. The molecule has 0 saturated carbocycles. The number of guanidine groups is 1. The van der Waals surface area contributed by atoms with Crippen LogP contribution in [0.4, 0.5) is 0 Å². The zero-order chi connectivity index (χ0) is 23.3. The molecule has 1 atom stereocenters. The van der Waals surface area contributed by atoms with E-state index in [0.29, 0.717) is 18.1 Å². The Balaban J connectivity index is 0.00000544. The fraction of sp³-hybridized carbons (Fsp3) is 0.375. The summed E-state index contributed by atoms with van der Waals surface area (Å²) in [5, 5.41) is 9.22. The fourth-order valence-corrected chi connectivity index (χ4v) is 3.44. The Labute approximate surface area is 213 Å². The second-order valence-corrected chi connectivity index (χ2v) is 7.30. The summed E-state index contributed by atoms with van der Waals surface area (Å²) >= 11 is 0. The quantitative estimate of drug-likeness (QED) is 0.190. The van der Waals surface area contributed by atoms with Gasteiger partial charge in [0, 0.05) is 25.7 Å². The number of carbonyl (C=O) groups is 2. The summed E-state index contributed by atoms with van der Waals surface area (Å²) in [5.74, 6) is -0.195. The van der Waals surface area contributed by atoms with Crippen molar-refractivity contribution in [1.82, 2.24) is 20.9 Å². The first-order chi connectivity index (χ1) is 15.5. The third kappa shape index (κ3) is 9.39. The van der Waals surface area contributed by atoms with Crippen LogP contribution in [0.1, 0.15) is 41.4 Å². The highest BCUT2D eigenvalue weighted by atomic mass is 127. The van der Waals surface area contributed by atoms with Crippen molar-refractivity contribution in [1.29, 1.82) is 0 Å². The lowest BCUT2D eigenvalue weighted by Gasteiger charge is -2.30. The molecular weight excluding hydrogens is 531 g/mol. The third-order valence-corrected chi connectivity index (χ3v) is 5.22. The molecule has 33 heavy (non-hydrogen) atoms. The van der Waals surface area contributed by atoms with Crippen LogP contribution in [0.2, 0.25) is 0 Å². The first-order valence-electron chi connectivity index (χ1n) is 10.9. The minimum absolute atomic E-state index is 0. The van der Waals surface area contributed by atoms with Crippen LogP contribution in [0.3, 0.4) is 0 Å². The van der Waals surface area contributed by atoms with Gasteiger partial charge in [-0.3, -0.25) is 19.5 Å². The average molecular weight is 566 g/mol. The van der Waals surface area contributed by atoms with Gasteiger partial charge >= 0.3 is 0 Å². The maximum atomic E-state index is 12.0. The smallest absolute Gasteiger partial charge is 0.251 e. The standard InChI is InChI=1S/C24H34N6O2.HI/c1-4-30(5-2)21(19-9-7-6-8-10-19)16-29-24(26-3)28-15-18-11-13-20(14-12-18)23(32)27-17-22(25)31;/h6-14,21H,4-5,15-17H2,1-3H3,(H2,25,31)(H,27,32)(H2,26,28,29);1H. The van der Waals surface area contributed by atoms with Crippen LogP contribution in [0.5, 0.6) is 0 Å². The van der Waals surface area contributed by atoms with Gasteiger partial charge in [-0.15, -0.1) is 24.0 Å². The lowest BCUT2D eigenvalue weighted by molar-refractivity contribution is -0.117. The van der Waals surface area contributed by atoms with E-state index in [0.717, 1.165) is 25.2 Å². The average Bonchev–Trinajstić information content (AvgIpc) is 2.82. The minimum atomic E-state index is -0.575. The Kier molecular flexibility index (Phi) is 13.1. The van der Waals surface area contributed by atoms with Gasteiger partial charge in [-0.2, -0.15) is 0 Å². The second-order valence-electron chi connectivity index (χ2n) is 7.30. The summed E-state index contributed by atoms with van der Waals surface area (Å²) in [4.78, 5) is 29.5. The number of benzene rings is 2. The molecule has 0 spiro atoms. The summed E-state index contributed by atoms with van der Waals surface area (Å²) in [6.07, 6.45) is 0. The van der Waals surface area contributed by atoms with Crippen molar-refractivity contribution < 1.29 is 9.59 Å². The number of nitrogens with one attached hydrogen (secondary N) is 3. The molecular formula is C24H35IN6O2. The van der Waals surface area contributed by atoms with Crippen molar-refractivity contribution in [3.63, 3.8) is 0 Å². The second kappa shape index (κ2) is 15.2. The molecule has 0 heterocycles. The molecule has 1 unspecified atom stereocenters. The van der Waals surface area contributed by atoms with Crippen molar-refractivity contribution in [2.24, 2.45) is 10.7 Å². The van der Waals surface area contributed by atoms with Crippen LogP contribution in [-0.2, 0) is 11.3 Å². The number of primary amides is 1. The Morgan fingerprint density at radius 1 is 0.970 bits per heavy atom. The minimum Gasteiger partial charge on any atom is -0.368 e. The Bertz CT molecular complexity index is 886. The van der Waals surface area contributed by atoms with Crippen LogP contribution in [-0.4, -0.2) is 55.9 Å². The summed E-state index contributed by atoms with van der Waals surface area (Å²) in [7, 11) is 1.75. The van der Waals surface area contributed by atoms with Crippen LogP contribution in [0.15, 0.2) is 59.6 Å². The van der Waals surface area contributed by atoms with Gasteiger partial charge in [-0.25, -0.2) is 0 Å². The fourth-order valence-electron chi connectivity index (χ4n) is 3.44. The van der Waals surface area contributed by atoms with Crippen molar-refractivity contribution in [2.45, 2.75) is 26.4 Å². The number of likely N-dealkylation sites (N-methyl/N-ethyl adjacent to an activating group) is 1. The predicted molar refractivity (Wildman–Crippen MR) is 144 cm³/mol. The van der Waals surface area contributed by atoms with E-state index in [-0.39, 0.29) is 42.5 Å². The molecule has 180 valence electrons. The molecule has 9 heteroatoms. The summed E-state index contributed by atoms with van der Waals surface area (Å²) in [6, 6.07) is 17.9. The van der Waals surface area contributed by atoms with Gasteiger partial charge in [0.2, 0.25) is 5.91 Å². The monoisotopic (exact) mass is 566 g/mol. The van der Waals surface area contributed by atoms with E-state index < -0.39 is 5.91 Å². The van der Waals surface area contributed by atoms with Crippen LogP contribution < -0.4 is 21.7 Å². The maximum Gasteiger partial charge on any atom is 0.251 e. The van der Waals surface area contributed by atoms with Gasteiger partial charge in [0.05, 0.1) is 12.6 Å². The lowest BCUT2D eigenvalue weighted by Crippen LogP contribution is -2.43. The number of carbonyl (C=O) groups excluding carboxylic acids is 2. The number of amides is 2. The molecule has 2 aromatic carbocycles. The van der Waals surface area contributed by atoms with E-state index in [4.69, 9.17) is 5.73 Å². The first-order valence-corrected chi connectivity index (χ1v) is 10.9. The maximum absolute atomic E-state index is 12.0. The van der Waals surface area contributed by atoms with Gasteiger partial charge in [-0.1, -0.05) is 56.3 Å². The number of halogens is 1. The molecule has 0 aliphatic carbocycles. The number of nitrogens with zero attached hydrogens (tertiary/aromatic N) is 2. The third-order valence-electron chi connectivity index (χ3n) is 5.22. The summed E-state index contributed by atoms with van der Waals surface area (Å²) in [6.45, 7) is 7.37. The van der Waals surface area contributed by atoms with E-state index in [2.05, 4.69) is 64.0 Å². The Morgan fingerprint density at radius 3 is 2.15 bits per heavy atom. The number of rotatable bonds is 11. The highest BCUT2D eigenvalue weighted by Crippen LogP contribution is 2.19. The molecule has 0 bridgehead atoms. The topological polar surface area (TPSA) is 112 Å². The Morgan fingerprint density at radius 2 is 1.61 bits per heavy atom. The summed E-state index contributed by atoms with van der Waals surface area (Å²) in [5.41, 5.74) is 7.80. The highest BCUT2D eigenvalue weighted by molar-refractivity contribution is 14.0. The van der Waals surface area contributed by atoms with Crippen molar-refractivity contribution in [2.75, 3.05) is 33.2 Å².